The summed E-state index contributed by atoms with van der Waals surface area (Å²) in [7, 11) is 0. The van der Waals surface area contributed by atoms with Gasteiger partial charge in [-0.1, -0.05) is 15.9 Å². The molecule has 1 heterocycles. The Bertz CT molecular complexity index is 894. The van der Waals surface area contributed by atoms with Gasteiger partial charge in [0, 0.05) is 15.0 Å². The highest BCUT2D eigenvalue weighted by Crippen LogP contribution is 2.63. The van der Waals surface area contributed by atoms with E-state index in [2.05, 4.69) is 15.9 Å². The molecule has 28 heavy (non-hydrogen) atoms. The molecule has 2 amide bonds. The minimum atomic E-state index is -1.79. The minimum Gasteiger partial charge on any atom is -0.466 e. The average molecular weight is 455 g/mol. The van der Waals surface area contributed by atoms with E-state index in [-0.39, 0.29) is 17.9 Å². The zero-order chi connectivity index (χ0) is 21.0. The van der Waals surface area contributed by atoms with Gasteiger partial charge in [0.15, 0.2) is 11.3 Å². The fourth-order valence-electron chi connectivity index (χ4n) is 3.72. The summed E-state index contributed by atoms with van der Waals surface area (Å²) in [6, 6.07) is 3.10. The summed E-state index contributed by atoms with van der Waals surface area (Å²) in [6.45, 7) is 6.51. The lowest BCUT2D eigenvalue weighted by molar-refractivity contribution is -0.500. The van der Waals surface area contributed by atoms with Crippen molar-refractivity contribution in [2.45, 2.75) is 44.8 Å². The topological polar surface area (TPSA) is 116 Å². The molecule has 1 aromatic rings. The molecule has 0 bridgehead atoms. The SMILES string of the molecule is CCOC(=O)[C@H]1C([N+](=O)[O-])[C@@]12C(=O)N(C(=O)OC(C)(C)C)c1ccc(Br)cc12. The summed E-state index contributed by atoms with van der Waals surface area (Å²) < 4.78 is 10.8. The number of esters is 1. The van der Waals surface area contributed by atoms with Crippen LogP contribution in [0.2, 0.25) is 0 Å². The Kier molecular flexibility index (Phi) is 4.73. The van der Waals surface area contributed by atoms with Crippen molar-refractivity contribution in [3.05, 3.63) is 38.3 Å². The molecule has 1 aliphatic heterocycles. The predicted molar refractivity (Wildman–Crippen MR) is 100 cm³/mol. The Morgan fingerprint density at radius 3 is 2.54 bits per heavy atom. The van der Waals surface area contributed by atoms with Crippen molar-refractivity contribution in [3.63, 3.8) is 0 Å². The van der Waals surface area contributed by atoms with Crippen molar-refractivity contribution in [2.24, 2.45) is 5.92 Å². The van der Waals surface area contributed by atoms with Crippen LogP contribution in [0.3, 0.4) is 0 Å². The number of fused-ring (bicyclic) bond motifs is 2. The number of benzene rings is 1. The third kappa shape index (κ3) is 2.86. The molecule has 1 spiro atoms. The first kappa shape index (κ1) is 20.2. The van der Waals surface area contributed by atoms with Crippen LogP contribution in [0.1, 0.15) is 33.3 Å². The van der Waals surface area contributed by atoms with E-state index < -0.39 is 45.9 Å². The maximum absolute atomic E-state index is 13.3. The molecule has 0 aromatic heterocycles. The van der Waals surface area contributed by atoms with E-state index in [0.717, 1.165) is 4.90 Å². The van der Waals surface area contributed by atoms with E-state index in [1.54, 1.807) is 33.8 Å². The predicted octanol–water partition coefficient (Wildman–Crippen LogP) is 2.81. The number of imide groups is 1. The number of rotatable bonds is 3. The molecule has 0 radical (unpaired) electrons. The van der Waals surface area contributed by atoms with Gasteiger partial charge in [-0.15, -0.1) is 0 Å². The third-order valence-electron chi connectivity index (χ3n) is 4.71. The Hall–Kier alpha value is -2.49. The van der Waals surface area contributed by atoms with Crippen LogP contribution in [-0.2, 0) is 24.5 Å². The average Bonchev–Trinajstić information content (AvgIpc) is 3.20. The summed E-state index contributed by atoms with van der Waals surface area (Å²) in [6.07, 6.45) is -0.949. The summed E-state index contributed by atoms with van der Waals surface area (Å²) in [4.78, 5) is 50.2. The van der Waals surface area contributed by atoms with Gasteiger partial charge in [-0.2, -0.15) is 0 Å². The van der Waals surface area contributed by atoms with Gasteiger partial charge in [0.1, 0.15) is 5.60 Å². The first-order valence-electron chi connectivity index (χ1n) is 8.64. The Labute approximate surface area is 169 Å². The molecule has 3 rings (SSSR count). The van der Waals surface area contributed by atoms with E-state index in [9.17, 15) is 24.5 Å². The molecule has 1 fully saturated rings. The maximum atomic E-state index is 13.3. The molecule has 3 atom stereocenters. The molecule has 150 valence electrons. The molecule has 9 nitrogen and oxygen atoms in total. The Balaban J connectivity index is 2.15. The number of anilines is 1. The zero-order valence-electron chi connectivity index (χ0n) is 15.7. The second kappa shape index (κ2) is 6.54. The largest absolute Gasteiger partial charge is 0.466 e. The zero-order valence-corrected chi connectivity index (χ0v) is 17.3. The number of hydrogen-bond donors (Lipinski definition) is 0. The first-order chi connectivity index (χ1) is 13.0. The number of hydrogen-bond acceptors (Lipinski definition) is 7. The van der Waals surface area contributed by atoms with Crippen LogP contribution < -0.4 is 4.90 Å². The molecular formula is C18H19BrN2O7. The number of carbonyl (C=O) groups is 3. The standard InChI is InChI=1S/C18H19BrN2O7/c1-5-27-14(22)12-13(21(25)26)18(12)10-8-9(19)6-7-11(10)20(15(18)23)16(24)28-17(2,3)4/h6-8,12-13H,5H2,1-4H3/t12-,13?,18+/m1/s1. The fraction of sp³-hybridized carbons (Fsp3) is 0.500. The molecule has 0 saturated heterocycles. The second-order valence-electron chi connectivity index (χ2n) is 7.61. The highest BCUT2D eigenvalue weighted by atomic mass is 79.9. The lowest BCUT2D eigenvalue weighted by atomic mass is 9.94. The van der Waals surface area contributed by atoms with Crippen molar-refractivity contribution in [1.29, 1.82) is 0 Å². The van der Waals surface area contributed by atoms with E-state index in [1.165, 1.54) is 12.1 Å². The summed E-state index contributed by atoms with van der Waals surface area (Å²) in [5.41, 5.74) is -2.26. The van der Waals surface area contributed by atoms with Crippen molar-refractivity contribution < 1.29 is 28.8 Å². The number of nitro groups is 1. The van der Waals surface area contributed by atoms with Gasteiger partial charge in [0.05, 0.1) is 12.3 Å². The van der Waals surface area contributed by atoms with Crippen LogP contribution in [0.25, 0.3) is 0 Å². The van der Waals surface area contributed by atoms with E-state index in [1.807, 2.05) is 0 Å². The first-order valence-corrected chi connectivity index (χ1v) is 9.43. The molecule has 1 saturated carbocycles. The van der Waals surface area contributed by atoms with Gasteiger partial charge in [-0.05, 0) is 45.9 Å². The summed E-state index contributed by atoms with van der Waals surface area (Å²) in [5.74, 6) is -3.00. The number of amides is 2. The van der Waals surface area contributed by atoms with Crippen molar-refractivity contribution in [3.8, 4) is 0 Å². The maximum Gasteiger partial charge on any atom is 0.421 e. The van der Waals surface area contributed by atoms with E-state index in [4.69, 9.17) is 9.47 Å². The molecule has 1 aliphatic carbocycles. The normalized spacial score (nSPS) is 25.5. The van der Waals surface area contributed by atoms with Crippen LogP contribution in [0.4, 0.5) is 10.5 Å². The number of halogens is 1. The Morgan fingerprint density at radius 2 is 2.00 bits per heavy atom. The van der Waals surface area contributed by atoms with Crippen molar-refractivity contribution in [2.75, 3.05) is 11.5 Å². The molecule has 10 heteroatoms. The molecule has 1 aromatic carbocycles. The van der Waals surface area contributed by atoms with Crippen LogP contribution in [0.15, 0.2) is 22.7 Å². The number of ether oxygens (including phenoxy) is 2. The van der Waals surface area contributed by atoms with E-state index >= 15 is 0 Å². The van der Waals surface area contributed by atoms with Crippen molar-refractivity contribution in [1.82, 2.24) is 0 Å². The van der Waals surface area contributed by atoms with Crippen LogP contribution >= 0.6 is 15.9 Å². The van der Waals surface area contributed by atoms with Gasteiger partial charge in [-0.25, -0.2) is 9.69 Å². The van der Waals surface area contributed by atoms with Crippen LogP contribution in [-0.4, -0.2) is 41.1 Å². The minimum absolute atomic E-state index is 0.0190. The molecule has 0 N–H and O–H groups in total. The van der Waals surface area contributed by atoms with E-state index in [0.29, 0.717) is 4.47 Å². The number of nitrogens with zero attached hydrogens (tertiary/aromatic N) is 2. The highest BCUT2D eigenvalue weighted by molar-refractivity contribution is 9.10. The summed E-state index contributed by atoms with van der Waals surface area (Å²) >= 11 is 3.28. The quantitative estimate of drug-likeness (QED) is 0.391. The smallest absolute Gasteiger partial charge is 0.421 e. The van der Waals surface area contributed by atoms with Gasteiger partial charge in [-0.3, -0.25) is 19.7 Å². The lowest BCUT2D eigenvalue weighted by Gasteiger charge is -2.24. The third-order valence-corrected chi connectivity index (χ3v) is 5.20. The second-order valence-corrected chi connectivity index (χ2v) is 8.53. The van der Waals surface area contributed by atoms with Crippen molar-refractivity contribution >= 4 is 39.6 Å². The summed E-state index contributed by atoms with van der Waals surface area (Å²) in [5, 5.41) is 11.7. The Morgan fingerprint density at radius 1 is 1.36 bits per heavy atom. The van der Waals surface area contributed by atoms with Gasteiger partial charge in [0.2, 0.25) is 6.04 Å². The van der Waals surface area contributed by atoms with Gasteiger partial charge in [0.25, 0.3) is 5.91 Å². The fourth-order valence-corrected chi connectivity index (χ4v) is 4.08. The molecule has 2 aliphatic rings. The van der Waals surface area contributed by atoms with Gasteiger partial charge < -0.3 is 9.47 Å². The highest BCUT2D eigenvalue weighted by Gasteiger charge is 2.86. The monoisotopic (exact) mass is 454 g/mol. The lowest BCUT2D eigenvalue weighted by Crippen LogP contribution is -2.43. The molecule has 1 unspecified atom stereocenters. The van der Waals surface area contributed by atoms with Gasteiger partial charge >= 0.3 is 12.1 Å². The number of carbonyl (C=O) groups excluding carboxylic acids is 3. The van der Waals surface area contributed by atoms with Crippen LogP contribution in [0, 0.1) is 16.0 Å². The molecular weight excluding hydrogens is 436 g/mol. The van der Waals surface area contributed by atoms with Crippen LogP contribution in [0.5, 0.6) is 0 Å².